The molecule has 0 aliphatic heterocycles. The Labute approximate surface area is 169 Å². The highest BCUT2D eigenvalue weighted by Gasteiger charge is 2.28. The molecule has 0 radical (unpaired) electrons. The Kier molecular flexibility index (Phi) is 7.09. The van der Waals surface area contributed by atoms with Gasteiger partial charge in [0.1, 0.15) is 15.0 Å². The SMILES string of the molecule is CCCC(C)(N=[N+]=[N-])c1cnc(O[C@H](C)CCS(C)(=O)=O)c2cnc(Cl)cc12. The van der Waals surface area contributed by atoms with Crippen molar-refractivity contribution in [3.63, 3.8) is 0 Å². The van der Waals surface area contributed by atoms with Crippen LogP contribution in [0.15, 0.2) is 23.6 Å². The Morgan fingerprint density at radius 1 is 1.36 bits per heavy atom. The summed E-state index contributed by atoms with van der Waals surface area (Å²) in [6.07, 6.45) is 5.83. The van der Waals surface area contributed by atoms with E-state index in [0.717, 1.165) is 17.4 Å². The van der Waals surface area contributed by atoms with Gasteiger partial charge in [-0.1, -0.05) is 30.1 Å². The Morgan fingerprint density at radius 2 is 2.07 bits per heavy atom. The normalized spacial score (nSPS) is 14.9. The van der Waals surface area contributed by atoms with Gasteiger partial charge in [-0.15, -0.1) is 0 Å². The monoisotopic (exact) mass is 425 g/mol. The molecule has 28 heavy (non-hydrogen) atoms. The quantitative estimate of drug-likeness (QED) is 0.247. The molecule has 0 aliphatic rings. The van der Waals surface area contributed by atoms with Crippen LogP contribution in [-0.4, -0.2) is 36.5 Å². The molecule has 0 bridgehead atoms. The molecule has 10 heteroatoms. The lowest BCUT2D eigenvalue weighted by Crippen LogP contribution is -2.20. The van der Waals surface area contributed by atoms with Crippen LogP contribution in [0, 0.1) is 0 Å². The number of hydrogen-bond acceptors (Lipinski definition) is 6. The fourth-order valence-electron chi connectivity index (χ4n) is 3.06. The molecule has 0 saturated heterocycles. The lowest BCUT2D eigenvalue weighted by Gasteiger charge is -2.26. The summed E-state index contributed by atoms with van der Waals surface area (Å²) in [5.74, 6) is 0.364. The van der Waals surface area contributed by atoms with Gasteiger partial charge in [0.05, 0.1) is 22.8 Å². The molecule has 0 fully saturated rings. The maximum atomic E-state index is 11.4. The molecule has 2 rings (SSSR count). The second kappa shape index (κ2) is 8.94. The molecular weight excluding hydrogens is 402 g/mol. The van der Waals surface area contributed by atoms with Gasteiger partial charge in [0.2, 0.25) is 5.88 Å². The zero-order valence-electron chi connectivity index (χ0n) is 16.4. The topological polar surface area (TPSA) is 118 Å². The second-order valence-electron chi connectivity index (χ2n) is 7.09. The van der Waals surface area contributed by atoms with Crippen LogP contribution in [0.2, 0.25) is 5.15 Å². The zero-order valence-corrected chi connectivity index (χ0v) is 18.0. The third-order valence-electron chi connectivity index (χ3n) is 4.49. The van der Waals surface area contributed by atoms with Crippen molar-refractivity contribution in [1.29, 1.82) is 0 Å². The summed E-state index contributed by atoms with van der Waals surface area (Å²) in [4.78, 5) is 11.5. The van der Waals surface area contributed by atoms with E-state index in [-0.39, 0.29) is 11.9 Å². The number of sulfone groups is 1. The van der Waals surface area contributed by atoms with E-state index in [1.54, 1.807) is 25.4 Å². The molecule has 8 nitrogen and oxygen atoms in total. The zero-order chi connectivity index (χ0) is 20.9. The van der Waals surface area contributed by atoms with E-state index in [0.29, 0.717) is 29.3 Å². The minimum atomic E-state index is -3.08. The van der Waals surface area contributed by atoms with E-state index in [1.807, 2.05) is 13.8 Å². The number of rotatable bonds is 9. The number of ether oxygens (including phenoxy) is 1. The Bertz CT molecular complexity index is 1010. The third-order valence-corrected chi connectivity index (χ3v) is 5.68. The van der Waals surface area contributed by atoms with Crippen molar-refractivity contribution < 1.29 is 13.2 Å². The minimum Gasteiger partial charge on any atom is -0.474 e. The van der Waals surface area contributed by atoms with Crippen molar-refractivity contribution in [2.24, 2.45) is 5.11 Å². The van der Waals surface area contributed by atoms with Crippen LogP contribution in [-0.2, 0) is 15.4 Å². The number of hydrogen-bond donors (Lipinski definition) is 0. The highest BCUT2D eigenvalue weighted by Crippen LogP contribution is 2.38. The summed E-state index contributed by atoms with van der Waals surface area (Å²) in [6, 6.07) is 1.70. The fourth-order valence-corrected chi connectivity index (χ4v) is 3.98. The van der Waals surface area contributed by atoms with E-state index in [4.69, 9.17) is 21.9 Å². The van der Waals surface area contributed by atoms with E-state index in [9.17, 15) is 8.42 Å². The van der Waals surface area contributed by atoms with Crippen LogP contribution in [0.25, 0.3) is 21.2 Å². The van der Waals surface area contributed by atoms with Gasteiger partial charge in [-0.3, -0.25) is 0 Å². The Morgan fingerprint density at radius 3 is 2.68 bits per heavy atom. The summed E-state index contributed by atoms with van der Waals surface area (Å²) in [7, 11) is -3.08. The Hall–Kier alpha value is -2.09. The number of azide groups is 1. The van der Waals surface area contributed by atoms with Gasteiger partial charge in [0.15, 0.2) is 0 Å². The second-order valence-corrected chi connectivity index (χ2v) is 9.74. The van der Waals surface area contributed by atoms with Crippen molar-refractivity contribution in [3.05, 3.63) is 39.6 Å². The number of pyridine rings is 2. The van der Waals surface area contributed by atoms with E-state index in [1.165, 1.54) is 6.26 Å². The molecule has 0 spiro atoms. The van der Waals surface area contributed by atoms with Crippen LogP contribution in [0.5, 0.6) is 5.88 Å². The van der Waals surface area contributed by atoms with Crippen LogP contribution >= 0.6 is 11.6 Å². The van der Waals surface area contributed by atoms with Gasteiger partial charge in [0.25, 0.3) is 0 Å². The first-order chi connectivity index (χ1) is 13.1. The molecule has 2 aromatic heterocycles. The van der Waals surface area contributed by atoms with Crippen molar-refractivity contribution >= 4 is 32.2 Å². The van der Waals surface area contributed by atoms with Crippen molar-refractivity contribution in [3.8, 4) is 5.88 Å². The molecule has 0 amide bonds. The maximum Gasteiger partial charge on any atom is 0.223 e. The number of halogens is 1. The summed E-state index contributed by atoms with van der Waals surface area (Å²) in [6.45, 7) is 5.66. The van der Waals surface area contributed by atoms with Gasteiger partial charge < -0.3 is 4.74 Å². The molecule has 0 saturated carbocycles. The van der Waals surface area contributed by atoms with E-state index >= 15 is 0 Å². The van der Waals surface area contributed by atoms with Gasteiger partial charge in [-0.25, -0.2) is 18.4 Å². The lowest BCUT2D eigenvalue weighted by atomic mass is 9.87. The van der Waals surface area contributed by atoms with Crippen LogP contribution in [0.3, 0.4) is 0 Å². The fraction of sp³-hybridized carbons (Fsp3) is 0.556. The molecule has 2 heterocycles. The molecule has 0 aliphatic carbocycles. The maximum absolute atomic E-state index is 11.4. The first-order valence-corrected chi connectivity index (χ1v) is 11.4. The summed E-state index contributed by atoms with van der Waals surface area (Å²) < 4.78 is 28.6. The molecule has 1 unspecified atom stereocenters. The number of aromatic nitrogens is 2. The highest BCUT2D eigenvalue weighted by atomic mass is 35.5. The summed E-state index contributed by atoms with van der Waals surface area (Å²) in [5, 5.41) is 5.68. The highest BCUT2D eigenvalue weighted by molar-refractivity contribution is 7.90. The lowest BCUT2D eigenvalue weighted by molar-refractivity contribution is 0.212. The molecule has 0 aromatic carbocycles. The Balaban J connectivity index is 2.51. The standard InChI is InChI=1S/C18H24ClN5O3S/c1-5-7-18(3,23-24-20)15-11-22-17(14-10-21-16(19)9-13(14)15)27-12(2)6-8-28(4,25)26/h9-12H,5-8H2,1-4H3/t12-,18?/m1/s1. The smallest absolute Gasteiger partial charge is 0.223 e. The molecule has 0 N–H and O–H groups in total. The van der Waals surface area contributed by atoms with Crippen LogP contribution in [0.1, 0.15) is 45.6 Å². The van der Waals surface area contributed by atoms with Gasteiger partial charge in [-0.2, -0.15) is 0 Å². The average Bonchev–Trinajstić information content (AvgIpc) is 2.59. The van der Waals surface area contributed by atoms with Crippen molar-refractivity contribution in [2.45, 2.75) is 51.7 Å². The average molecular weight is 426 g/mol. The third kappa shape index (κ3) is 5.47. The molecule has 152 valence electrons. The van der Waals surface area contributed by atoms with Gasteiger partial charge in [0, 0.05) is 23.6 Å². The molecule has 2 atom stereocenters. The predicted molar refractivity (Wildman–Crippen MR) is 110 cm³/mol. The first-order valence-electron chi connectivity index (χ1n) is 8.95. The first kappa shape index (κ1) is 22.2. The van der Waals surface area contributed by atoms with E-state index < -0.39 is 15.4 Å². The van der Waals surface area contributed by atoms with Crippen molar-refractivity contribution in [2.75, 3.05) is 12.0 Å². The minimum absolute atomic E-state index is 0.0275. The largest absolute Gasteiger partial charge is 0.474 e. The van der Waals surface area contributed by atoms with Gasteiger partial charge >= 0.3 is 0 Å². The predicted octanol–water partition coefficient (Wildman–Crippen LogP) is 4.81. The molecular formula is C18H24ClN5O3S. The van der Waals surface area contributed by atoms with Crippen LogP contribution < -0.4 is 4.74 Å². The van der Waals surface area contributed by atoms with E-state index in [2.05, 4.69) is 20.0 Å². The summed E-state index contributed by atoms with van der Waals surface area (Å²) in [5.41, 5.74) is 8.99. The number of fused-ring (bicyclic) bond motifs is 1. The summed E-state index contributed by atoms with van der Waals surface area (Å²) >= 11 is 6.11. The van der Waals surface area contributed by atoms with Crippen molar-refractivity contribution in [1.82, 2.24) is 9.97 Å². The number of nitrogens with zero attached hydrogens (tertiary/aromatic N) is 5. The van der Waals surface area contributed by atoms with Crippen LogP contribution in [0.4, 0.5) is 0 Å². The molecule has 2 aromatic rings. The van der Waals surface area contributed by atoms with Gasteiger partial charge in [-0.05, 0) is 49.2 Å².